The van der Waals surface area contributed by atoms with Crippen LogP contribution in [0.25, 0.3) is 11.4 Å². The van der Waals surface area contributed by atoms with Crippen LogP contribution in [-0.2, 0) is 11.3 Å². The van der Waals surface area contributed by atoms with E-state index in [2.05, 4.69) is 17.2 Å². The molecule has 2 N–H and O–H groups in total. The van der Waals surface area contributed by atoms with Gasteiger partial charge < -0.3 is 15.0 Å². The van der Waals surface area contributed by atoms with E-state index in [1.54, 1.807) is 20.0 Å². The van der Waals surface area contributed by atoms with Gasteiger partial charge in [-0.2, -0.15) is 0 Å². The summed E-state index contributed by atoms with van der Waals surface area (Å²) >= 11 is 7.37. The molecular weight excluding hydrogens is 504 g/mol. The number of carboxylic acid groups (broad SMARTS) is 1. The van der Waals surface area contributed by atoms with Crippen molar-refractivity contribution < 1.29 is 19.6 Å². The van der Waals surface area contributed by atoms with Gasteiger partial charge in [0.15, 0.2) is 0 Å². The second-order valence-corrected chi connectivity index (χ2v) is 10.8. The van der Waals surface area contributed by atoms with Crippen molar-refractivity contribution in [3.8, 4) is 11.4 Å². The molecule has 0 atom stereocenters. The molecule has 0 radical (unpaired) electrons. The lowest BCUT2D eigenvalue weighted by Crippen LogP contribution is -2.26. The molecule has 0 aliphatic rings. The Morgan fingerprint density at radius 2 is 1.89 bits per heavy atom. The summed E-state index contributed by atoms with van der Waals surface area (Å²) in [5.74, 6) is -0.774. The van der Waals surface area contributed by atoms with Gasteiger partial charge in [-0.15, -0.1) is 11.8 Å². The summed E-state index contributed by atoms with van der Waals surface area (Å²) in [6, 6.07) is 11.2. The van der Waals surface area contributed by atoms with Crippen LogP contribution >= 0.6 is 23.4 Å². The minimum atomic E-state index is -0.968. The molecule has 9 nitrogen and oxygen atoms in total. The van der Waals surface area contributed by atoms with Crippen molar-refractivity contribution in [2.24, 2.45) is 0 Å². The lowest BCUT2D eigenvalue weighted by molar-refractivity contribution is -0.384. The number of aromatic nitrogens is 2. The summed E-state index contributed by atoms with van der Waals surface area (Å²) in [7, 11) is 0. The number of carbonyl (C=O) groups excluding carboxylic acids is 1. The highest BCUT2D eigenvalue weighted by Gasteiger charge is 2.28. The van der Waals surface area contributed by atoms with Crippen molar-refractivity contribution in [2.45, 2.75) is 56.2 Å². The van der Waals surface area contributed by atoms with Gasteiger partial charge in [0, 0.05) is 35.3 Å². The third-order valence-electron chi connectivity index (χ3n) is 5.42. The molecule has 190 valence electrons. The van der Waals surface area contributed by atoms with E-state index >= 15 is 0 Å². The maximum absolute atomic E-state index is 12.9. The molecule has 1 heterocycles. The van der Waals surface area contributed by atoms with E-state index in [9.17, 15) is 24.8 Å². The lowest BCUT2D eigenvalue weighted by atomic mass is 10.2. The average molecular weight is 531 g/mol. The van der Waals surface area contributed by atoms with Crippen LogP contribution in [0.5, 0.6) is 0 Å². The molecule has 0 saturated heterocycles. The molecule has 0 spiro atoms. The SMILES string of the molecule is CCCCCn1cc(C(=O)Nc2ccc([N+](=O)[O-])cc2Cl)nc1-c1ccc(SC(C)(C)C(=O)O)cc1. The largest absolute Gasteiger partial charge is 0.480 e. The fourth-order valence-electron chi connectivity index (χ4n) is 3.37. The number of nitro groups is 1. The zero-order chi connectivity index (χ0) is 26.5. The normalized spacial score (nSPS) is 11.3. The number of hydrogen-bond acceptors (Lipinski definition) is 6. The van der Waals surface area contributed by atoms with Crippen LogP contribution < -0.4 is 5.32 Å². The Bertz CT molecular complexity index is 1270. The molecule has 0 unspecified atom stereocenters. The molecule has 1 aromatic heterocycles. The molecule has 2 aromatic carbocycles. The van der Waals surface area contributed by atoms with Crippen molar-refractivity contribution in [3.63, 3.8) is 0 Å². The molecule has 3 aromatic rings. The second kappa shape index (κ2) is 11.6. The Hall–Kier alpha value is -3.37. The second-order valence-electron chi connectivity index (χ2n) is 8.67. The fourth-order valence-corrected chi connectivity index (χ4v) is 4.54. The van der Waals surface area contributed by atoms with Crippen LogP contribution in [0, 0.1) is 10.1 Å². The summed E-state index contributed by atoms with van der Waals surface area (Å²) in [5.41, 5.74) is 1.04. The Morgan fingerprint density at radius 3 is 2.47 bits per heavy atom. The van der Waals surface area contributed by atoms with Gasteiger partial charge in [0.05, 0.1) is 15.6 Å². The van der Waals surface area contributed by atoms with Crippen LogP contribution in [-0.4, -0.2) is 36.2 Å². The molecule has 1 amide bonds. The van der Waals surface area contributed by atoms with E-state index in [-0.39, 0.29) is 22.1 Å². The van der Waals surface area contributed by atoms with E-state index in [4.69, 9.17) is 11.6 Å². The van der Waals surface area contributed by atoms with E-state index in [1.807, 2.05) is 28.8 Å². The number of aliphatic carboxylic acids is 1. The summed E-state index contributed by atoms with van der Waals surface area (Å²) < 4.78 is 0.954. The number of nitrogens with zero attached hydrogens (tertiary/aromatic N) is 3. The molecule has 0 fully saturated rings. The van der Waals surface area contributed by atoms with Gasteiger partial charge in [-0.3, -0.25) is 19.7 Å². The number of rotatable bonds is 11. The molecular formula is C25H27ClN4O5S. The van der Waals surface area contributed by atoms with Crippen molar-refractivity contribution in [3.05, 3.63) is 69.5 Å². The summed E-state index contributed by atoms with van der Waals surface area (Å²) in [6.45, 7) is 6.08. The van der Waals surface area contributed by atoms with Gasteiger partial charge in [-0.25, -0.2) is 4.98 Å². The van der Waals surface area contributed by atoms with E-state index in [1.165, 1.54) is 30.0 Å². The number of hydrogen-bond donors (Lipinski definition) is 2. The van der Waals surface area contributed by atoms with Crippen LogP contribution in [0.3, 0.4) is 0 Å². The number of carbonyl (C=O) groups is 2. The highest BCUT2D eigenvalue weighted by molar-refractivity contribution is 8.01. The minimum absolute atomic E-state index is 0.0533. The summed E-state index contributed by atoms with van der Waals surface area (Å²) in [4.78, 5) is 40.1. The van der Waals surface area contributed by atoms with Gasteiger partial charge in [0.2, 0.25) is 0 Å². The Labute approximate surface area is 218 Å². The molecule has 36 heavy (non-hydrogen) atoms. The Balaban J connectivity index is 1.87. The number of nitro benzene ring substituents is 1. The van der Waals surface area contributed by atoms with E-state index < -0.39 is 21.5 Å². The Kier molecular flexibility index (Phi) is 8.75. The van der Waals surface area contributed by atoms with Crippen LogP contribution in [0.2, 0.25) is 5.02 Å². The predicted octanol–water partition coefficient (Wildman–Crippen LogP) is 6.51. The van der Waals surface area contributed by atoms with Crippen LogP contribution in [0.15, 0.2) is 53.6 Å². The third-order valence-corrected chi connectivity index (χ3v) is 6.93. The number of benzene rings is 2. The monoisotopic (exact) mass is 530 g/mol. The number of anilines is 1. The maximum Gasteiger partial charge on any atom is 0.319 e. The van der Waals surface area contributed by atoms with Crippen molar-refractivity contribution >= 4 is 46.6 Å². The van der Waals surface area contributed by atoms with Gasteiger partial charge >= 0.3 is 5.97 Å². The summed E-state index contributed by atoms with van der Waals surface area (Å²) in [6.07, 6.45) is 4.66. The number of carboxylic acids is 1. The first kappa shape index (κ1) is 27.2. The molecule has 0 bridgehead atoms. The van der Waals surface area contributed by atoms with Crippen molar-refractivity contribution in [1.82, 2.24) is 9.55 Å². The molecule has 3 rings (SSSR count). The number of aryl methyl sites for hydroxylation is 1. The molecule has 0 aliphatic carbocycles. The zero-order valence-electron chi connectivity index (χ0n) is 20.2. The fraction of sp³-hybridized carbons (Fsp3) is 0.320. The zero-order valence-corrected chi connectivity index (χ0v) is 21.7. The number of amides is 1. The average Bonchev–Trinajstić information content (AvgIpc) is 3.25. The Morgan fingerprint density at radius 1 is 1.19 bits per heavy atom. The topological polar surface area (TPSA) is 127 Å². The maximum atomic E-state index is 12.9. The van der Waals surface area contributed by atoms with Gasteiger partial charge in [-0.05, 0) is 38.5 Å². The van der Waals surface area contributed by atoms with Crippen LogP contribution in [0.4, 0.5) is 11.4 Å². The van der Waals surface area contributed by atoms with Gasteiger partial charge in [0.1, 0.15) is 16.3 Å². The van der Waals surface area contributed by atoms with Gasteiger partial charge in [-0.1, -0.05) is 43.5 Å². The first-order valence-electron chi connectivity index (χ1n) is 11.4. The first-order chi connectivity index (χ1) is 17.0. The first-order valence-corrected chi connectivity index (χ1v) is 12.6. The van der Waals surface area contributed by atoms with E-state index in [0.29, 0.717) is 12.4 Å². The number of non-ortho nitro benzene ring substituents is 1. The number of nitrogens with one attached hydrogen (secondary N) is 1. The highest BCUT2D eigenvalue weighted by atomic mass is 35.5. The van der Waals surface area contributed by atoms with Crippen molar-refractivity contribution in [2.75, 3.05) is 5.32 Å². The number of unbranched alkanes of at least 4 members (excludes halogenated alkanes) is 2. The van der Waals surface area contributed by atoms with E-state index in [0.717, 1.165) is 29.7 Å². The molecule has 0 saturated carbocycles. The van der Waals surface area contributed by atoms with Crippen LogP contribution in [0.1, 0.15) is 50.5 Å². The number of thioether (sulfide) groups is 1. The lowest BCUT2D eigenvalue weighted by Gasteiger charge is -2.18. The third kappa shape index (κ3) is 6.64. The van der Waals surface area contributed by atoms with Crippen molar-refractivity contribution in [1.29, 1.82) is 0 Å². The minimum Gasteiger partial charge on any atom is -0.480 e. The van der Waals surface area contributed by atoms with Gasteiger partial charge in [0.25, 0.3) is 11.6 Å². The standard InChI is InChI=1S/C25H27ClN4O5S/c1-4-5-6-13-29-15-21(23(31)28-20-12-9-17(30(34)35)14-19(20)26)27-22(29)16-7-10-18(11-8-16)36-25(2,3)24(32)33/h7-12,14-15H,4-6,13H2,1-3H3,(H,28,31)(H,32,33). The number of imidazole rings is 1. The molecule has 11 heteroatoms. The predicted molar refractivity (Wildman–Crippen MR) is 141 cm³/mol. The highest BCUT2D eigenvalue weighted by Crippen LogP contribution is 2.34. The summed E-state index contributed by atoms with van der Waals surface area (Å²) in [5, 5.41) is 23.0. The quantitative estimate of drug-likeness (QED) is 0.125. The smallest absolute Gasteiger partial charge is 0.319 e. The molecule has 0 aliphatic heterocycles. The number of halogens is 1.